The SMILES string of the molecule is CCOc1cc2c(cc1OC)-c1cc(=O)c(C(C)O)cn1C(CC)C2. The number of fused-ring (bicyclic) bond motifs is 3. The van der Waals surface area contributed by atoms with Crippen LogP contribution in [0.1, 0.15) is 50.5 Å². The van der Waals surface area contributed by atoms with Crippen LogP contribution in [0.3, 0.4) is 0 Å². The Kier molecular flexibility index (Phi) is 4.86. The minimum Gasteiger partial charge on any atom is -0.493 e. The largest absolute Gasteiger partial charge is 0.493 e. The summed E-state index contributed by atoms with van der Waals surface area (Å²) in [5.41, 5.74) is 3.30. The van der Waals surface area contributed by atoms with Gasteiger partial charge in [-0.15, -0.1) is 0 Å². The maximum atomic E-state index is 12.4. The number of methoxy groups -OCH3 is 1. The van der Waals surface area contributed by atoms with Crippen molar-refractivity contribution in [3.8, 4) is 22.8 Å². The molecule has 5 nitrogen and oxygen atoms in total. The Bertz CT molecular complexity index is 838. The van der Waals surface area contributed by atoms with E-state index in [1.54, 1.807) is 20.1 Å². The normalized spacial score (nSPS) is 16.8. The summed E-state index contributed by atoms with van der Waals surface area (Å²) in [7, 11) is 1.62. The first-order valence-electron chi connectivity index (χ1n) is 8.78. The molecular formula is C20H25NO4. The Hall–Kier alpha value is -2.27. The van der Waals surface area contributed by atoms with Crippen LogP contribution < -0.4 is 14.9 Å². The molecule has 1 aromatic heterocycles. The molecule has 0 saturated heterocycles. The predicted molar refractivity (Wildman–Crippen MR) is 97.5 cm³/mol. The Morgan fingerprint density at radius 1 is 1.28 bits per heavy atom. The van der Waals surface area contributed by atoms with E-state index in [2.05, 4.69) is 11.5 Å². The van der Waals surface area contributed by atoms with Crippen molar-refractivity contribution in [2.75, 3.05) is 13.7 Å². The molecule has 2 unspecified atom stereocenters. The van der Waals surface area contributed by atoms with Crippen LogP contribution in [0.4, 0.5) is 0 Å². The Morgan fingerprint density at radius 2 is 2.04 bits per heavy atom. The van der Waals surface area contributed by atoms with Crippen molar-refractivity contribution in [2.45, 2.75) is 45.8 Å². The zero-order valence-corrected chi connectivity index (χ0v) is 15.2. The number of aliphatic hydroxyl groups excluding tert-OH is 1. The van der Waals surface area contributed by atoms with E-state index >= 15 is 0 Å². The van der Waals surface area contributed by atoms with Crippen molar-refractivity contribution in [1.82, 2.24) is 4.57 Å². The zero-order valence-electron chi connectivity index (χ0n) is 15.2. The van der Waals surface area contributed by atoms with Crippen molar-refractivity contribution in [3.63, 3.8) is 0 Å². The lowest BCUT2D eigenvalue weighted by atomic mass is 9.90. The highest BCUT2D eigenvalue weighted by Gasteiger charge is 2.26. The van der Waals surface area contributed by atoms with Gasteiger partial charge >= 0.3 is 0 Å². The van der Waals surface area contributed by atoms with Crippen LogP contribution in [0.15, 0.2) is 29.2 Å². The van der Waals surface area contributed by atoms with E-state index in [-0.39, 0.29) is 11.5 Å². The fourth-order valence-corrected chi connectivity index (χ4v) is 3.53. The molecule has 0 radical (unpaired) electrons. The van der Waals surface area contributed by atoms with Crippen LogP contribution in [0, 0.1) is 0 Å². The highest BCUT2D eigenvalue weighted by molar-refractivity contribution is 5.70. The topological polar surface area (TPSA) is 60.7 Å². The van der Waals surface area contributed by atoms with Gasteiger partial charge < -0.3 is 19.1 Å². The summed E-state index contributed by atoms with van der Waals surface area (Å²) in [4.78, 5) is 12.4. The van der Waals surface area contributed by atoms with Gasteiger partial charge in [0.1, 0.15) is 0 Å². The summed E-state index contributed by atoms with van der Waals surface area (Å²) in [6.45, 7) is 6.27. The number of ether oxygens (including phenoxy) is 2. The molecule has 134 valence electrons. The molecule has 2 heterocycles. The van der Waals surface area contributed by atoms with Gasteiger partial charge in [0, 0.05) is 29.4 Å². The molecule has 0 spiro atoms. The van der Waals surface area contributed by atoms with Crippen LogP contribution in [-0.4, -0.2) is 23.4 Å². The maximum Gasteiger partial charge on any atom is 0.187 e. The standard InChI is InChI=1S/C20H25NO4/c1-5-14-7-13-8-20(25-6-2)19(24-4)9-15(13)17-10-18(23)16(12(3)22)11-21(14)17/h8-12,14,22H,5-7H2,1-4H3. The van der Waals surface area contributed by atoms with Gasteiger partial charge in [0.25, 0.3) is 0 Å². The van der Waals surface area contributed by atoms with Gasteiger partial charge in [0.15, 0.2) is 16.9 Å². The molecule has 0 aliphatic carbocycles. The molecule has 0 amide bonds. The molecule has 2 aromatic rings. The molecule has 0 saturated carbocycles. The predicted octanol–water partition coefficient (Wildman–Crippen LogP) is 3.48. The second kappa shape index (κ2) is 6.92. The van der Waals surface area contributed by atoms with Gasteiger partial charge in [-0.1, -0.05) is 6.92 Å². The summed E-state index contributed by atoms with van der Waals surface area (Å²) in [6.07, 6.45) is 2.82. The monoisotopic (exact) mass is 343 g/mol. The minimum atomic E-state index is -0.779. The fraction of sp³-hybridized carbons (Fsp3) is 0.450. The van der Waals surface area contributed by atoms with Gasteiger partial charge in [-0.05, 0) is 44.4 Å². The minimum absolute atomic E-state index is 0.142. The van der Waals surface area contributed by atoms with Crippen molar-refractivity contribution in [1.29, 1.82) is 0 Å². The van der Waals surface area contributed by atoms with Crippen molar-refractivity contribution >= 4 is 0 Å². The number of aliphatic hydroxyl groups is 1. The molecule has 1 aromatic carbocycles. The van der Waals surface area contributed by atoms with Gasteiger partial charge in [0.05, 0.1) is 25.5 Å². The molecule has 0 fully saturated rings. The number of pyridine rings is 1. The first-order valence-corrected chi connectivity index (χ1v) is 8.78. The average Bonchev–Trinajstić information content (AvgIpc) is 2.60. The highest BCUT2D eigenvalue weighted by atomic mass is 16.5. The summed E-state index contributed by atoms with van der Waals surface area (Å²) in [5.74, 6) is 1.39. The van der Waals surface area contributed by atoms with E-state index in [0.717, 1.165) is 35.4 Å². The van der Waals surface area contributed by atoms with E-state index in [0.29, 0.717) is 17.9 Å². The maximum absolute atomic E-state index is 12.4. The third-order valence-electron chi connectivity index (χ3n) is 4.84. The van der Waals surface area contributed by atoms with Crippen LogP contribution in [0.25, 0.3) is 11.3 Å². The summed E-state index contributed by atoms with van der Waals surface area (Å²) in [5, 5.41) is 9.89. The van der Waals surface area contributed by atoms with Gasteiger partial charge in [-0.3, -0.25) is 4.79 Å². The molecule has 1 aliphatic rings. The van der Waals surface area contributed by atoms with E-state index in [1.807, 2.05) is 25.3 Å². The van der Waals surface area contributed by atoms with Crippen LogP contribution in [0.2, 0.25) is 0 Å². The first-order chi connectivity index (χ1) is 12.0. The molecule has 5 heteroatoms. The lowest BCUT2D eigenvalue weighted by Crippen LogP contribution is -2.24. The second-order valence-electron chi connectivity index (χ2n) is 6.42. The molecular weight excluding hydrogens is 318 g/mol. The lowest BCUT2D eigenvalue weighted by Gasteiger charge is -2.31. The Balaban J connectivity index is 2.24. The Labute approximate surface area is 147 Å². The smallest absolute Gasteiger partial charge is 0.187 e. The zero-order chi connectivity index (χ0) is 18.1. The quantitative estimate of drug-likeness (QED) is 0.903. The van der Waals surface area contributed by atoms with E-state index < -0.39 is 6.10 Å². The second-order valence-corrected chi connectivity index (χ2v) is 6.42. The third-order valence-corrected chi connectivity index (χ3v) is 4.84. The van der Waals surface area contributed by atoms with Crippen LogP contribution in [-0.2, 0) is 6.42 Å². The van der Waals surface area contributed by atoms with Crippen molar-refractivity contribution in [3.05, 3.63) is 45.7 Å². The summed E-state index contributed by atoms with van der Waals surface area (Å²) in [6, 6.07) is 5.84. The highest BCUT2D eigenvalue weighted by Crippen LogP contribution is 2.41. The molecule has 3 rings (SSSR count). The molecule has 0 bridgehead atoms. The number of nitrogens with zero attached hydrogens (tertiary/aromatic N) is 1. The molecule has 1 aliphatic heterocycles. The van der Waals surface area contributed by atoms with Crippen molar-refractivity contribution in [2.24, 2.45) is 0 Å². The summed E-state index contributed by atoms with van der Waals surface area (Å²) < 4.78 is 13.3. The van der Waals surface area contributed by atoms with Crippen LogP contribution in [0.5, 0.6) is 11.5 Å². The van der Waals surface area contributed by atoms with Crippen molar-refractivity contribution < 1.29 is 14.6 Å². The number of hydrogen-bond acceptors (Lipinski definition) is 4. The van der Waals surface area contributed by atoms with E-state index in [1.165, 1.54) is 0 Å². The third kappa shape index (κ3) is 3.04. The number of rotatable bonds is 5. The van der Waals surface area contributed by atoms with Gasteiger partial charge in [-0.2, -0.15) is 0 Å². The molecule has 2 atom stereocenters. The number of hydrogen-bond donors (Lipinski definition) is 1. The number of benzene rings is 1. The summed E-state index contributed by atoms with van der Waals surface area (Å²) >= 11 is 0. The average molecular weight is 343 g/mol. The molecule has 1 N–H and O–H groups in total. The Morgan fingerprint density at radius 3 is 2.64 bits per heavy atom. The number of aromatic nitrogens is 1. The fourth-order valence-electron chi connectivity index (χ4n) is 3.53. The first kappa shape index (κ1) is 17.5. The molecule has 25 heavy (non-hydrogen) atoms. The van der Waals surface area contributed by atoms with E-state index in [9.17, 15) is 9.90 Å². The lowest BCUT2D eigenvalue weighted by molar-refractivity contribution is 0.197. The van der Waals surface area contributed by atoms with Gasteiger partial charge in [0.2, 0.25) is 0 Å². The van der Waals surface area contributed by atoms with Gasteiger partial charge in [-0.25, -0.2) is 0 Å². The van der Waals surface area contributed by atoms with E-state index in [4.69, 9.17) is 9.47 Å². The van der Waals surface area contributed by atoms with Crippen LogP contribution >= 0.6 is 0 Å².